The monoisotopic (exact) mass is 349 g/mol. The number of hydrogen-bond acceptors (Lipinski definition) is 3. The van der Waals surface area contributed by atoms with Gasteiger partial charge in [-0.15, -0.1) is 0 Å². The number of aryl methyl sites for hydroxylation is 2. The first-order chi connectivity index (χ1) is 12.6. The van der Waals surface area contributed by atoms with Crippen molar-refractivity contribution in [3.8, 4) is 17.0 Å². The zero-order valence-corrected chi connectivity index (χ0v) is 16.3. The van der Waals surface area contributed by atoms with Gasteiger partial charge < -0.3 is 4.74 Å². The largest absolute Gasteiger partial charge is 0.481 e. The highest BCUT2D eigenvalue weighted by atomic mass is 16.5. The summed E-state index contributed by atoms with van der Waals surface area (Å²) in [6.45, 7) is 6.42. The normalized spacial score (nSPS) is 12.0. The molecule has 0 N–H and O–H groups in total. The van der Waals surface area contributed by atoms with Crippen LogP contribution in [0.15, 0.2) is 36.4 Å². The minimum Gasteiger partial charge on any atom is -0.481 e. The van der Waals surface area contributed by atoms with Crippen LogP contribution in [-0.4, -0.2) is 21.9 Å². The van der Waals surface area contributed by atoms with Gasteiger partial charge in [0.05, 0.1) is 12.8 Å². The zero-order chi connectivity index (χ0) is 18.7. The van der Waals surface area contributed by atoms with Gasteiger partial charge in [0.25, 0.3) is 0 Å². The van der Waals surface area contributed by atoms with Crippen molar-refractivity contribution in [3.63, 3.8) is 0 Å². The predicted molar refractivity (Wildman–Crippen MR) is 108 cm³/mol. The fraction of sp³-hybridized carbons (Fsp3) is 0.364. The molecule has 26 heavy (non-hydrogen) atoms. The molecule has 4 heteroatoms. The third-order valence-electron chi connectivity index (χ3n) is 4.70. The number of aromatic nitrogens is 3. The molecule has 0 fully saturated rings. The topological polar surface area (TPSA) is 39.9 Å². The van der Waals surface area contributed by atoms with Crippen LogP contribution >= 0.6 is 0 Å². The molecule has 0 aliphatic heterocycles. The average molecular weight is 349 g/mol. The van der Waals surface area contributed by atoms with Crippen molar-refractivity contribution in [1.29, 1.82) is 0 Å². The van der Waals surface area contributed by atoms with Crippen molar-refractivity contribution in [2.75, 3.05) is 7.11 Å². The molecule has 2 aromatic heterocycles. The molecule has 0 spiro atoms. The van der Waals surface area contributed by atoms with Crippen LogP contribution in [0.2, 0.25) is 0 Å². The van der Waals surface area contributed by atoms with Gasteiger partial charge in [-0.3, -0.25) is 4.68 Å². The maximum Gasteiger partial charge on any atom is 0.213 e. The number of hydrogen-bond donors (Lipinski definition) is 0. The van der Waals surface area contributed by atoms with Crippen LogP contribution in [0.3, 0.4) is 0 Å². The summed E-state index contributed by atoms with van der Waals surface area (Å²) in [6.07, 6.45) is 5.55. The fourth-order valence-corrected chi connectivity index (χ4v) is 3.58. The molecule has 0 radical (unpaired) electrons. The number of fused-ring (bicyclic) bond motifs is 1. The van der Waals surface area contributed by atoms with E-state index in [-0.39, 0.29) is 0 Å². The van der Waals surface area contributed by atoms with Crippen molar-refractivity contribution in [1.82, 2.24) is 14.8 Å². The summed E-state index contributed by atoms with van der Waals surface area (Å²) in [6, 6.07) is 10.4. The number of rotatable bonds is 6. The number of nitrogens with zero attached hydrogens (tertiary/aromatic N) is 3. The summed E-state index contributed by atoms with van der Waals surface area (Å²) in [5.74, 6) is 0.635. The molecule has 0 saturated heterocycles. The van der Waals surface area contributed by atoms with Gasteiger partial charge in [-0.25, -0.2) is 4.98 Å². The van der Waals surface area contributed by atoms with Gasteiger partial charge in [-0.1, -0.05) is 44.5 Å². The van der Waals surface area contributed by atoms with Crippen LogP contribution in [0.25, 0.3) is 27.6 Å². The molecule has 0 atom stereocenters. The third kappa shape index (κ3) is 3.24. The van der Waals surface area contributed by atoms with Gasteiger partial charge in [0, 0.05) is 35.3 Å². The highest BCUT2D eigenvalue weighted by Crippen LogP contribution is 2.35. The van der Waals surface area contributed by atoms with E-state index in [2.05, 4.69) is 49.2 Å². The number of ether oxygens (including phenoxy) is 1. The maximum absolute atomic E-state index is 5.24. The summed E-state index contributed by atoms with van der Waals surface area (Å²) < 4.78 is 7.27. The van der Waals surface area contributed by atoms with E-state index >= 15 is 0 Å². The zero-order valence-electron chi connectivity index (χ0n) is 16.3. The molecular weight excluding hydrogens is 322 g/mol. The van der Waals surface area contributed by atoms with E-state index in [0.29, 0.717) is 5.88 Å². The standard InChI is InChI=1S/C22H27N3O/c1-6-9-16(10-7-2)22-19-12-8-11-18(21(19)24-25(22)4)17-13-14-20(26-5)23-15(17)3/h8-9,11-14H,6-7,10H2,1-5H3/b16-9-. The lowest BCUT2D eigenvalue weighted by atomic mass is 9.98. The summed E-state index contributed by atoms with van der Waals surface area (Å²) in [5.41, 5.74) is 6.79. The van der Waals surface area contributed by atoms with Crippen molar-refractivity contribution in [2.45, 2.75) is 40.0 Å². The summed E-state index contributed by atoms with van der Waals surface area (Å²) in [7, 11) is 3.68. The average Bonchev–Trinajstić information content (AvgIpc) is 2.97. The van der Waals surface area contributed by atoms with E-state index in [1.54, 1.807) is 7.11 Å². The SMILES string of the molecule is CC/C=C(/CCC)c1c2cccc(-c3ccc(OC)nc3C)c2nn1C. The first kappa shape index (κ1) is 18.2. The maximum atomic E-state index is 5.24. The Morgan fingerprint density at radius 1 is 1.15 bits per heavy atom. The summed E-state index contributed by atoms with van der Waals surface area (Å²) >= 11 is 0. The molecule has 136 valence electrons. The van der Waals surface area contributed by atoms with Crippen molar-refractivity contribution in [2.24, 2.45) is 7.05 Å². The van der Waals surface area contributed by atoms with Gasteiger partial charge in [-0.05, 0) is 31.4 Å². The van der Waals surface area contributed by atoms with Crippen LogP contribution in [0.5, 0.6) is 5.88 Å². The van der Waals surface area contributed by atoms with E-state index in [1.807, 2.05) is 24.7 Å². The van der Waals surface area contributed by atoms with Crippen LogP contribution in [0.1, 0.15) is 44.5 Å². The van der Waals surface area contributed by atoms with Crippen molar-refractivity contribution in [3.05, 3.63) is 47.8 Å². The predicted octanol–water partition coefficient (Wildman–Crippen LogP) is 5.55. The molecule has 0 amide bonds. The van der Waals surface area contributed by atoms with Crippen molar-refractivity contribution < 1.29 is 4.74 Å². The first-order valence-corrected chi connectivity index (χ1v) is 9.27. The lowest BCUT2D eigenvalue weighted by Crippen LogP contribution is -1.98. The summed E-state index contributed by atoms with van der Waals surface area (Å²) in [5, 5.41) is 6.08. The van der Waals surface area contributed by atoms with Crippen LogP contribution in [0, 0.1) is 6.92 Å². The van der Waals surface area contributed by atoms with E-state index in [4.69, 9.17) is 9.84 Å². The Labute approximate surface area is 155 Å². The quantitative estimate of drug-likeness (QED) is 0.586. The van der Waals surface area contributed by atoms with Crippen molar-refractivity contribution >= 4 is 16.5 Å². The Kier molecular flexibility index (Phi) is 5.40. The minimum absolute atomic E-state index is 0.635. The Morgan fingerprint density at radius 2 is 1.96 bits per heavy atom. The Bertz CT molecular complexity index is 953. The van der Waals surface area contributed by atoms with Gasteiger partial charge in [0.2, 0.25) is 5.88 Å². The molecule has 3 rings (SSSR count). The molecule has 0 bridgehead atoms. The number of allylic oxidation sites excluding steroid dienone is 2. The Hall–Kier alpha value is -2.62. The lowest BCUT2D eigenvalue weighted by molar-refractivity contribution is 0.397. The lowest BCUT2D eigenvalue weighted by Gasteiger charge is -2.09. The third-order valence-corrected chi connectivity index (χ3v) is 4.70. The fourth-order valence-electron chi connectivity index (χ4n) is 3.58. The number of pyridine rings is 1. The Balaban J connectivity index is 2.22. The molecule has 0 unspecified atom stereocenters. The minimum atomic E-state index is 0.635. The smallest absolute Gasteiger partial charge is 0.213 e. The molecule has 0 aliphatic carbocycles. The first-order valence-electron chi connectivity index (χ1n) is 9.27. The highest BCUT2D eigenvalue weighted by Gasteiger charge is 2.17. The highest BCUT2D eigenvalue weighted by molar-refractivity contribution is 5.99. The van der Waals surface area contributed by atoms with Gasteiger partial charge in [-0.2, -0.15) is 5.10 Å². The van der Waals surface area contributed by atoms with Crippen LogP contribution in [0.4, 0.5) is 0 Å². The van der Waals surface area contributed by atoms with Gasteiger partial charge >= 0.3 is 0 Å². The van der Waals surface area contributed by atoms with E-state index < -0.39 is 0 Å². The van der Waals surface area contributed by atoms with E-state index in [0.717, 1.165) is 41.6 Å². The second kappa shape index (κ2) is 7.73. The summed E-state index contributed by atoms with van der Waals surface area (Å²) in [4.78, 5) is 4.53. The second-order valence-corrected chi connectivity index (χ2v) is 6.55. The molecule has 3 aromatic rings. The molecule has 2 heterocycles. The van der Waals surface area contributed by atoms with Gasteiger partial charge in [0.1, 0.15) is 5.52 Å². The van der Waals surface area contributed by atoms with E-state index in [9.17, 15) is 0 Å². The Morgan fingerprint density at radius 3 is 2.62 bits per heavy atom. The molecular formula is C22H27N3O. The van der Waals surface area contributed by atoms with Crippen LogP contribution in [-0.2, 0) is 7.05 Å². The van der Waals surface area contributed by atoms with Gasteiger partial charge in [0.15, 0.2) is 0 Å². The number of methoxy groups -OCH3 is 1. The number of benzene rings is 1. The van der Waals surface area contributed by atoms with Crippen LogP contribution < -0.4 is 4.74 Å². The molecule has 0 aliphatic rings. The molecule has 1 aromatic carbocycles. The second-order valence-electron chi connectivity index (χ2n) is 6.55. The molecule has 4 nitrogen and oxygen atoms in total. The molecule has 0 saturated carbocycles. The van der Waals surface area contributed by atoms with E-state index in [1.165, 1.54) is 16.7 Å².